The van der Waals surface area contributed by atoms with Gasteiger partial charge in [0, 0.05) is 5.33 Å². The van der Waals surface area contributed by atoms with Crippen molar-refractivity contribution in [2.45, 2.75) is 25.7 Å². The van der Waals surface area contributed by atoms with Crippen LogP contribution >= 0.6 is 31.9 Å². The fraction of sp³-hybridized carbons (Fsp3) is 0.600. The van der Waals surface area contributed by atoms with Gasteiger partial charge >= 0.3 is 0 Å². The SMILES string of the molecule is COc1ccc(CC2(CBr)CC3CC3C2)cc1Br. The first-order valence-electron chi connectivity index (χ1n) is 6.54. The van der Waals surface area contributed by atoms with Crippen molar-refractivity contribution in [3.05, 3.63) is 28.2 Å². The molecule has 0 saturated heterocycles. The van der Waals surface area contributed by atoms with E-state index in [-0.39, 0.29) is 0 Å². The van der Waals surface area contributed by atoms with E-state index in [1.165, 1.54) is 31.2 Å². The van der Waals surface area contributed by atoms with Gasteiger partial charge in [0.25, 0.3) is 0 Å². The normalized spacial score (nSPS) is 33.3. The highest BCUT2D eigenvalue weighted by atomic mass is 79.9. The van der Waals surface area contributed by atoms with Crippen molar-refractivity contribution < 1.29 is 4.74 Å². The molecule has 2 saturated carbocycles. The smallest absolute Gasteiger partial charge is 0.133 e. The van der Waals surface area contributed by atoms with E-state index < -0.39 is 0 Å². The molecule has 1 nitrogen and oxygen atoms in total. The number of ether oxygens (including phenoxy) is 1. The van der Waals surface area contributed by atoms with Crippen molar-refractivity contribution in [3.8, 4) is 5.75 Å². The third-order valence-corrected chi connectivity index (χ3v) is 6.35. The maximum absolute atomic E-state index is 5.29. The van der Waals surface area contributed by atoms with Crippen LogP contribution in [-0.2, 0) is 6.42 Å². The van der Waals surface area contributed by atoms with E-state index in [1.54, 1.807) is 7.11 Å². The fourth-order valence-corrected chi connectivity index (χ4v) is 4.80. The van der Waals surface area contributed by atoms with Crippen molar-refractivity contribution in [3.63, 3.8) is 0 Å². The quantitative estimate of drug-likeness (QED) is 0.688. The van der Waals surface area contributed by atoms with Crippen LogP contribution in [0.1, 0.15) is 24.8 Å². The summed E-state index contributed by atoms with van der Waals surface area (Å²) in [6, 6.07) is 6.49. The predicted octanol–water partition coefficient (Wildman–Crippen LogP) is 4.81. The summed E-state index contributed by atoms with van der Waals surface area (Å²) in [5.74, 6) is 2.98. The van der Waals surface area contributed by atoms with Gasteiger partial charge in [-0.25, -0.2) is 0 Å². The van der Waals surface area contributed by atoms with Crippen molar-refractivity contribution in [2.24, 2.45) is 17.3 Å². The Morgan fingerprint density at radius 2 is 2.06 bits per heavy atom. The molecule has 3 heteroatoms. The Morgan fingerprint density at radius 3 is 2.61 bits per heavy atom. The van der Waals surface area contributed by atoms with E-state index >= 15 is 0 Å². The summed E-state index contributed by atoms with van der Waals surface area (Å²) >= 11 is 7.33. The Balaban J connectivity index is 1.77. The molecule has 0 aliphatic heterocycles. The van der Waals surface area contributed by atoms with Crippen molar-refractivity contribution in [2.75, 3.05) is 12.4 Å². The molecule has 0 bridgehead atoms. The molecule has 2 aliphatic rings. The number of hydrogen-bond acceptors (Lipinski definition) is 1. The Kier molecular flexibility index (Phi) is 3.48. The lowest BCUT2D eigenvalue weighted by atomic mass is 9.79. The van der Waals surface area contributed by atoms with E-state index in [0.29, 0.717) is 5.41 Å². The highest BCUT2D eigenvalue weighted by Crippen LogP contribution is 2.61. The van der Waals surface area contributed by atoms with Crippen LogP contribution < -0.4 is 4.74 Å². The van der Waals surface area contributed by atoms with E-state index in [2.05, 4.69) is 50.1 Å². The molecular formula is C15H18Br2O. The van der Waals surface area contributed by atoms with E-state index in [1.807, 2.05) is 0 Å². The van der Waals surface area contributed by atoms with E-state index in [4.69, 9.17) is 4.74 Å². The van der Waals surface area contributed by atoms with E-state index in [9.17, 15) is 0 Å². The number of rotatable bonds is 4. The summed E-state index contributed by atoms with van der Waals surface area (Å²) in [6.45, 7) is 0. The van der Waals surface area contributed by atoms with Gasteiger partial charge in [-0.3, -0.25) is 0 Å². The van der Waals surface area contributed by atoms with Crippen LogP contribution in [0.2, 0.25) is 0 Å². The van der Waals surface area contributed by atoms with Gasteiger partial charge in [-0.2, -0.15) is 0 Å². The minimum Gasteiger partial charge on any atom is -0.496 e. The third kappa shape index (κ3) is 2.36. The molecule has 98 valence electrons. The van der Waals surface area contributed by atoms with Gasteiger partial charge in [-0.05, 0) is 76.6 Å². The van der Waals surface area contributed by atoms with E-state index in [0.717, 1.165) is 27.4 Å². The summed E-state index contributed by atoms with van der Waals surface area (Å²) in [7, 11) is 1.71. The summed E-state index contributed by atoms with van der Waals surface area (Å²) < 4.78 is 6.35. The molecule has 2 atom stereocenters. The second-order valence-electron chi connectivity index (χ2n) is 5.94. The summed E-state index contributed by atoms with van der Waals surface area (Å²) in [4.78, 5) is 0. The number of hydrogen-bond donors (Lipinski definition) is 0. The number of halogens is 2. The molecule has 0 aromatic heterocycles. The molecule has 0 N–H and O–H groups in total. The van der Waals surface area contributed by atoms with Gasteiger partial charge in [-0.15, -0.1) is 0 Å². The van der Waals surface area contributed by atoms with Crippen LogP contribution in [0.25, 0.3) is 0 Å². The number of benzene rings is 1. The maximum Gasteiger partial charge on any atom is 0.133 e. The van der Waals surface area contributed by atoms with Gasteiger partial charge in [0.15, 0.2) is 0 Å². The van der Waals surface area contributed by atoms with Crippen molar-refractivity contribution >= 4 is 31.9 Å². The molecule has 1 aromatic carbocycles. The molecule has 18 heavy (non-hydrogen) atoms. The lowest BCUT2D eigenvalue weighted by Gasteiger charge is -2.29. The van der Waals surface area contributed by atoms with Crippen molar-refractivity contribution in [1.29, 1.82) is 0 Å². The molecule has 2 fully saturated rings. The van der Waals surface area contributed by atoms with Gasteiger partial charge in [0.05, 0.1) is 11.6 Å². The van der Waals surface area contributed by atoms with Crippen LogP contribution in [-0.4, -0.2) is 12.4 Å². The topological polar surface area (TPSA) is 9.23 Å². The highest BCUT2D eigenvalue weighted by Gasteiger charge is 2.52. The van der Waals surface area contributed by atoms with Gasteiger partial charge in [-0.1, -0.05) is 22.0 Å². The number of fused-ring (bicyclic) bond motifs is 1. The summed E-state index contributed by atoms with van der Waals surface area (Å²) in [5, 5.41) is 1.14. The molecule has 0 amide bonds. The van der Waals surface area contributed by atoms with Crippen LogP contribution in [0.3, 0.4) is 0 Å². The average Bonchev–Trinajstić information content (AvgIpc) is 2.98. The van der Waals surface area contributed by atoms with Crippen LogP contribution in [0, 0.1) is 17.3 Å². The van der Waals surface area contributed by atoms with Crippen LogP contribution in [0.4, 0.5) is 0 Å². The summed E-state index contributed by atoms with van der Waals surface area (Å²) in [6.07, 6.45) is 5.49. The Morgan fingerprint density at radius 1 is 1.33 bits per heavy atom. The first kappa shape index (κ1) is 13.0. The first-order chi connectivity index (χ1) is 8.65. The zero-order chi connectivity index (χ0) is 12.8. The third-order valence-electron chi connectivity index (χ3n) is 4.54. The molecule has 2 aliphatic carbocycles. The first-order valence-corrected chi connectivity index (χ1v) is 8.46. The molecule has 3 rings (SSSR count). The standard InChI is InChI=1S/C15H18Br2O/c1-18-14-3-2-10(4-13(14)17)6-15(9-16)7-11-5-12(11)8-15/h2-4,11-12H,5-9H2,1H3. The average molecular weight is 374 g/mol. The monoisotopic (exact) mass is 372 g/mol. The molecule has 1 aromatic rings. The maximum atomic E-state index is 5.29. The molecule has 2 unspecified atom stereocenters. The minimum absolute atomic E-state index is 0.502. The van der Waals surface area contributed by atoms with Gasteiger partial charge in [0.2, 0.25) is 0 Å². The molecule has 0 spiro atoms. The Hall–Kier alpha value is -0.0200. The highest BCUT2D eigenvalue weighted by molar-refractivity contribution is 9.10. The Labute approximate surface area is 126 Å². The minimum atomic E-state index is 0.502. The van der Waals surface area contributed by atoms with Gasteiger partial charge in [0.1, 0.15) is 5.75 Å². The predicted molar refractivity (Wildman–Crippen MR) is 81.5 cm³/mol. The zero-order valence-electron chi connectivity index (χ0n) is 10.6. The van der Waals surface area contributed by atoms with Crippen LogP contribution in [0.15, 0.2) is 22.7 Å². The van der Waals surface area contributed by atoms with Gasteiger partial charge < -0.3 is 4.74 Å². The number of alkyl halides is 1. The summed E-state index contributed by atoms with van der Waals surface area (Å²) in [5.41, 5.74) is 1.92. The zero-order valence-corrected chi connectivity index (χ0v) is 13.8. The largest absolute Gasteiger partial charge is 0.496 e. The molecule has 0 radical (unpaired) electrons. The van der Waals surface area contributed by atoms with Crippen molar-refractivity contribution in [1.82, 2.24) is 0 Å². The second-order valence-corrected chi connectivity index (χ2v) is 7.36. The lowest BCUT2D eigenvalue weighted by Crippen LogP contribution is -2.23. The molecular weight excluding hydrogens is 356 g/mol. The number of methoxy groups -OCH3 is 1. The Bertz CT molecular complexity index is 448. The lowest BCUT2D eigenvalue weighted by molar-refractivity contribution is 0.308. The fourth-order valence-electron chi connectivity index (χ4n) is 3.56. The second kappa shape index (κ2) is 4.82. The van der Waals surface area contributed by atoms with Crippen LogP contribution in [0.5, 0.6) is 5.75 Å². The molecule has 0 heterocycles.